The highest BCUT2D eigenvalue weighted by molar-refractivity contribution is 6.33. The summed E-state index contributed by atoms with van der Waals surface area (Å²) in [6.07, 6.45) is 5.56. The molecule has 0 aliphatic rings. The van der Waals surface area contributed by atoms with Crippen molar-refractivity contribution in [3.8, 4) is 11.1 Å². The number of nitrogens with zero attached hydrogens (tertiary/aromatic N) is 2. The lowest BCUT2D eigenvalue weighted by molar-refractivity contribution is 0.112. The van der Waals surface area contributed by atoms with Crippen molar-refractivity contribution >= 4 is 17.9 Å². The largest absolute Gasteiger partial charge is 0.298 e. The summed E-state index contributed by atoms with van der Waals surface area (Å²) in [5, 5.41) is 0.450. The fraction of sp³-hybridized carbons (Fsp3) is 0. The van der Waals surface area contributed by atoms with Crippen LogP contribution in [0.25, 0.3) is 11.1 Å². The van der Waals surface area contributed by atoms with Crippen LogP contribution in [-0.4, -0.2) is 16.3 Å². The Kier molecular flexibility index (Phi) is 2.74. The van der Waals surface area contributed by atoms with Crippen LogP contribution in [0.5, 0.6) is 0 Å². The number of hydrogen-bond donors (Lipinski definition) is 0. The first kappa shape index (κ1) is 9.80. The van der Waals surface area contributed by atoms with Gasteiger partial charge in [-0.25, -0.2) is 9.97 Å². The Balaban J connectivity index is 2.51. The van der Waals surface area contributed by atoms with Crippen molar-refractivity contribution in [1.82, 2.24) is 9.97 Å². The molecule has 0 aliphatic heterocycles. The molecule has 0 spiro atoms. The lowest BCUT2D eigenvalue weighted by Crippen LogP contribution is -1.86. The van der Waals surface area contributed by atoms with Gasteiger partial charge >= 0.3 is 0 Å². The van der Waals surface area contributed by atoms with Crippen molar-refractivity contribution in [2.24, 2.45) is 0 Å². The molecule has 4 heteroatoms. The standard InChI is InChI=1S/C11H7ClN2O/c12-11-2-1-8(3-9(11)6-15)10-4-13-7-14-5-10/h1-7H. The average molecular weight is 219 g/mol. The van der Waals surface area contributed by atoms with Crippen LogP contribution in [0.4, 0.5) is 0 Å². The van der Waals surface area contributed by atoms with Gasteiger partial charge in [0.25, 0.3) is 0 Å². The number of carbonyl (C=O) groups excluding carboxylic acids is 1. The van der Waals surface area contributed by atoms with Gasteiger partial charge in [0.1, 0.15) is 6.33 Å². The summed E-state index contributed by atoms with van der Waals surface area (Å²) in [6.45, 7) is 0. The number of carbonyl (C=O) groups is 1. The summed E-state index contributed by atoms with van der Waals surface area (Å²) >= 11 is 5.82. The average Bonchev–Trinajstić information content (AvgIpc) is 2.31. The van der Waals surface area contributed by atoms with E-state index in [1.54, 1.807) is 24.5 Å². The third kappa shape index (κ3) is 2.02. The molecule has 2 aromatic rings. The Morgan fingerprint density at radius 2 is 1.87 bits per heavy atom. The molecule has 0 radical (unpaired) electrons. The third-order valence-corrected chi connectivity index (χ3v) is 2.36. The smallest absolute Gasteiger partial charge is 0.151 e. The zero-order valence-corrected chi connectivity index (χ0v) is 8.48. The van der Waals surface area contributed by atoms with Crippen LogP contribution >= 0.6 is 11.6 Å². The molecule has 0 amide bonds. The highest BCUT2D eigenvalue weighted by Gasteiger charge is 2.02. The molecule has 1 aromatic heterocycles. The molecule has 0 fully saturated rings. The Morgan fingerprint density at radius 3 is 2.53 bits per heavy atom. The number of rotatable bonds is 2. The van der Waals surface area contributed by atoms with E-state index >= 15 is 0 Å². The van der Waals surface area contributed by atoms with Crippen LogP contribution in [0.1, 0.15) is 10.4 Å². The second-order valence-corrected chi connectivity index (χ2v) is 3.39. The van der Waals surface area contributed by atoms with E-state index < -0.39 is 0 Å². The predicted molar refractivity (Wildman–Crippen MR) is 57.9 cm³/mol. The first-order valence-corrected chi connectivity index (χ1v) is 4.69. The number of benzene rings is 1. The molecule has 1 aromatic carbocycles. The fourth-order valence-electron chi connectivity index (χ4n) is 1.26. The molecule has 0 saturated carbocycles. The summed E-state index contributed by atoms with van der Waals surface area (Å²) in [6, 6.07) is 5.23. The fourth-order valence-corrected chi connectivity index (χ4v) is 1.42. The Bertz CT molecular complexity index is 485. The van der Waals surface area contributed by atoms with E-state index in [0.717, 1.165) is 17.4 Å². The molecule has 1 heterocycles. The van der Waals surface area contributed by atoms with Gasteiger partial charge in [-0.2, -0.15) is 0 Å². The Labute approximate surface area is 91.8 Å². The number of hydrogen-bond acceptors (Lipinski definition) is 3. The molecule has 0 N–H and O–H groups in total. The van der Waals surface area contributed by atoms with E-state index in [1.165, 1.54) is 6.33 Å². The van der Waals surface area contributed by atoms with E-state index in [4.69, 9.17) is 11.6 Å². The first-order chi connectivity index (χ1) is 7.31. The van der Waals surface area contributed by atoms with E-state index in [2.05, 4.69) is 9.97 Å². The minimum absolute atomic E-state index is 0.450. The van der Waals surface area contributed by atoms with Crippen molar-refractivity contribution in [2.75, 3.05) is 0 Å². The van der Waals surface area contributed by atoms with E-state index in [0.29, 0.717) is 10.6 Å². The summed E-state index contributed by atoms with van der Waals surface area (Å²) in [7, 11) is 0. The van der Waals surface area contributed by atoms with Crippen LogP contribution in [-0.2, 0) is 0 Å². The van der Waals surface area contributed by atoms with E-state index in [1.807, 2.05) is 6.07 Å². The zero-order chi connectivity index (χ0) is 10.7. The highest BCUT2D eigenvalue weighted by Crippen LogP contribution is 2.22. The van der Waals surface area contributed by atoms with Crippen molar-refractivity contribution in [1.29, 1.82) is 0 Å². The van der Waals surface area contributed by atoms with Gasteiger partial charge < -0.3 is 0 Å². The van der Waals surface area contributed by atoms with Crippen LogP contribution in [0.15, 0.2) is 36.9 Å². The van der Waals surface area contributed by atoms with Gasteiger partial charge in [0.15, 0.2) is 6.29 Å². The highest BCUT2D eigenvalue weighted by atomic mass is 35.5. The summed E-state index contributed by atoms with van der Waals surface area (Å²) in [4.78, 5) is 18.5. The number of aldehydes is 1. The van der Waals surface area contributed by atoms with Crippen molar-refractivity contribution in [3.05, 3.63) is 47.5 Å². The van der Waals surface area contributed by atoms with Gasteiger partial charge in [-0.05, 0) is 17.7 Å². The second-order valence-electron chi connectivity index (χ2n) is 2.98. The molecular formula is C11H7ClN2O. The minimum atomic E-state index is 0.450. The monoisotopic (exact) mass is 218 g/mol. The van der Waals surface area contributed by atoms with Crippen molar-refractivity contribution < 1.29 is 4.79 Å². The Hall–Kier alpha value is -1.74. The molecule has 2 rings (SSSR count). The molecule has 3 nitrogen and oxygen atoms in total. The van der Waals surface area contributed by atoms with Crippen molar-refractivity contribution in [2.45, 2.75) is 0 Å². The Morgan fingerprint density at radius 1 is 1.13 bits per heavy atom. The molecule has 0 saturated heterocycles. The number of aromatic nitrogens is 2. The van der Waals surface area contributed by atoms with Gasteiger partial charge in [0.2, 0.25) is 0 Å². The molecule has 0 unspecified atom stereocenters. The molecule has 0 atom stereocenters. The second kappa shape index (κ2) is 4.19. The molecule has 15 heavy (non-hydrogen) atoms. The lowest BCUT2D eigenvalue weighted by Gasteiger charge is -2.02. The van der Waals surface area contributed by atoms with Crippen LogP contribution in [0, 0.1) is 0 Å². The summed E-state index contributed by atoms with van der Waals surface area (Å²) in [5.74, 6) is 0. The zero-order valence-electron chi connectivity index (χ0n) is 7.72. The van der Waals surface area contributed by atoms with Crippen LogP contribution in [0.3, 0.4) is 0 Å². The van der Waals surface area contributed by atoms with Crippen molar-refractivity contribution in [3.63, 3.8) is 0 Å². The SMILES string of the molecule is O=Cc1cc(-c2cncnc2)ccc1Cl. The molecule has 0 aliphatic carbocycles. The minimum Gasteiger partial charge on any atom is -0.298 e. The topological polar surface area (TPSA) is 42.9 Å². The summed E-state index contributed by atoms with van der Waals surface area (Å²) < 4.78 is 0. The van der Waals surface area contributed by atoms with Crippen LogP contribution < -0.4 is 0 Å². The van der Waals surface area contributed by atoms with Gasteiger partial charge in [0.05, 0.1) is 5.02 Å². The lowest BCUT2D eigenvalue weighted by atomic mass is 10.1. The first-order valence-electron chi connectivity index (χ1n) is 4.31. The maximum Gasteiger partial charge on any atom is 0.151 e. The molecule has 74 valence electrons. The van der Waals surface area contributed by atoms with Gasteiger partial charge in [-0.15, -0.1) is 0 Å². The molecular weight excluding hydrogens is 212 g/mol. The van der Waals surface area contributed by atoms with E-state index in [9.17, 15) is 4.79 Å². The quantitative estimate of drug-likeness (QED) is 0.728. The van der Waals surface area contributed by atoms with Crippen LogP contribution in [0.2, 0.25) is 5.02 Å². The number of halogens is 1. The maximum atomic E-state index is 10.7. The van der Waals surface area contributed by atoms with Gasteiger partial charge in [0, 0.05) is 23.5 Å². The third-order valence-electron chi connectivity index (χ3n) is 2.02. The van der Waals surface area contributed by atoms with E-state index in [-0.39, 0.29) is 0 Å². The maximum absolute atomic E-state index is 10.7. The normalized spacial score (nSPS) is 9.93. The summed E-state index contributed by atoms with van der Waals surface area (Å²) in [5.41, 5.74) is 2.21. The predicted octanol–water partition coefficient (Wildman–Crippen LogP) is 2.61. The molecule has 0 bridgehead atoms. The van der Waals surface area contributed by atoms with Gasteiger partial charge in [-0.1, -0.05) is 17.7 Å². The van der Waals surface area contributed by atoms with Gasteiger partial charge in [-0.3, -0.25) is 4.79 Å².